The van der Waals surface area contributed by atoms with Gasteiger partial charge in [0.1, 0.15) is 0 Å². The summed E-state index contributed by atoms with van der Waals surface area (Å²) in [6.45, 7) is 11.2. The second-order valence-corrected chi connectivity index (χ2v) is 13.6. The fraction of sp³-hybridized carbons (Fsp3) is 0.667. The SMILES string of the molecule is Cc1c(O)c(O)cc2c1C(C#N)C=C1[C@@]2(C)CC[C@@]2(C)[C@@H]3C[C@@]4(C(=O)O)CC4C[C@]3(C)CC[C@]12C. The fourth-order valence-corrected chi connectivity index (χ4v) is 9.85. The second kappa shape index (κ2) is 6.44. The zero-order valence-electron chi connectivity index (χ0n) is 21.5. The van der Waals surface area contributed by atoms with Crippen LogP contribution in [0.1, 0.15) is 95.2 Å². The molecule has 0 amide bonds. The molecule has 1 aromatic carbocycles. The lowest BCUT2D eigenvalue weighted by atomic mass is 9.35. The summed E-state index contributed by atoms with van der Waals surface area (Å²) in [5, 5.41) is 41.4. The smallest absolute Gasteiger partial charge is 0.309 e. The van der Waals surface area contributed by atoms with E-state index in [-0.39, 0.29) is 33.2 Å². The van der Waals surface area contributed by atoms with E-state index in [1.54, 1.807) is 13.0 Å². The largest absolute Gasteiger partial charge is 0.504 e. The molecule has 4 fully saturated rings. The van der Waals surface area contributed by atoms with Gasteiger partial charge in [-0.2, -0.15) is 5.26 Å². The highest BCUT2D eigenvalue weighted by molar-refractivity contribution is 5.79. The number of phenols is 2. The lowest BCUT2D eigenvalue weighted by Gasteiger charge is -2.69. The molecule has 1 aromatic rings. The number of fused-ring (bicyclic) bond motifs is 8. The van der Waals surface area contributed by atoms with Gasteiger partial charge in [-0.25, -0.2) is 0 Å². The number of carboxylic acids is 1. The number of carbonyl (C=O) groups is 1. The average molecular weight is 476 g/mol. The molecule has 0 radical (unpaired) electrons. The van der Waals surface area contributed by atoms with Crippen LogP contribution in [0.2, 0.25) is 0 Å². The molecule has 0 saturated heterocycles. The summed E-state index contributed by atoms with van der Waals surface area (Å²) >= 11 is 0. The summed E-state index contributed by atoms with van der Waals surface area (Å²) in [5.41, 5.74) is 2.75. The molecule has 2 unspecified atom stereocenters. The van der Waals surface area contributed by atoms with E-state index in [0.717, 1.165) is 56.1 Å². The molecule has 35 heavy (non-hydrogen) atoms. The van der Waals surface area contributed by atoms with Crippen LogP contribution < -0.4 is 0 Å². The molecular formula is C30H37NO4. The van der Waals surface area contributed by atoms with Gasteiger partial charge in [0, 0.05) is 5.41 Å². The number of allylic oxidation sites excluding steroid dienone is 2. The third kappa shape index (κ3) is 2.47. The third-order valence-electron chi connectivity index (χ3n) is 12.3. The van der Waals surface area contributed by atoms with Crippen LogP contribution >= 0.6 is 0 Å². The van der Waals surface area contributed by atoms with Gasteiger partial charge < -0.3 is 15.3 Å². The Morgan fingerprint density at radius 1 is 1.06 bits per heavy atom. The van der Waals surface area contributed by atoms with E-state index >= 15 is 0 Å². The van der Waals surface area contributed by atoms with Crippen molar-refractivity contribution in [2.75, 3.05) is 0 Å². The summed E-state index contributed by atoms with van der Waals surface area (Å²) in [7, 11) is 0. The van der Waals surface area contributed by atoms with Gasteiger partial charge in [0.2, 0.25) is 0 Å². The fourth-order valence-electron chi connectivity index (χ4n) is 9.85. The molecule has 5 aliphatic carbocycles. The van der Waals surface area contributed by atoms with Gasteiger partial charge in [-0.1, -0.05) is 39.3 Å². The highest BCUT2D eigenvalue weighted by atomic mass is 16.4. The minimum Gasteiger partial charge on any atom is -0.504 e. The molecule has 0 aromatic heterocycles. The Balaban J connectivity index is 1.52. The van der Waals surface area contributed by atoms with Gasteiger partial charge in [0.25, 0.3) is 0 Å². The lowest BCUT2D eigenvalue weighted by molar-refractivity contribution is -0.165. The second-order valence-electron chi connectivity index (χ2n) is 13.6. The first-order valence-electron chi connectivity index (χ1n) is 13.2. The number of nitrogens with zero attached hydrogens (tertiary/aromatic N) is 1. The molecule has 0 heterocycles. The highest BCUT2D eigenvalue weighted by Gasteiger charge is 2.73. The number of hydrogen-bond donors (Lipinski definition) is 3. The van der Waals surface area contributed by atoms with Crippen LogP contribution in [0.5, 0.6) is 11.5 Å². The van der Waals surface area contributed by atoms with E-state index in [9.17, 15) is 25.4 Å². The third-order valence-corrected chi connectivity index (χ3v) is 12.3. The summed E-state index contributed by atoms with van der Waals surface area (Å²) in [4.78, 5) is 12.3. The van der Waals surface area contributed by atoms with Crippen molar-refractivity contribution < 1.29 is 20.1 Å². The van der Waals surface area contributed by atoms with E-state index < -0.39 is 17.3 Å². The molecule has 5 aliphatic rings. The molecule has 0 spiro atoms. The van der Waals surface area contributed by atoms with E-state index in [0.29, 0.717) is 17.4 Å². The summed E-state index contributed by atoms with van der Waals surface area (Å²) in [5.74, 6) is -0.689. The van der Waals surface area contributed by atoms with Gasteiger partial charge in [-0.15, -0.1) is 0 Å². The monoisotopic (exact) mass is 475 g/mol. The maximum Gasteiger partial charge on any atom is 0.309 e. The topological polar surface area (TPSA) is 102 Å². The zero-order valence-corrected chi connectivity index (χ0v) is 21.5. The van der Waals surface area contributed by atoms with E-state index in [1.807, 2.05) is 0 Å². The van der Waals surface area contributed by atoms with Crippen molar-refractivity contribution in [3.63, 3.8) is 0 Å². The highest BCUT2D eigenvalue weighted by Crippen LogP contribution is 2.79. The molecule has 6 rings (SSSR count). The van der Waals surface area contributed by atoms with E-state index in [4.69, 9.17) is 0 Å². The predicted molar refractivity (Wildman–Crippen MR) is 132 cm³/mol. The van der Waals surface area contributed by atoms with Crippen LogP contribution in [0.15, 0.2) is 17.7 Å². The maximum absolute atomic E-state index is 12.3. The molecule has 8 atom stereocenters. The Morgan fingerprint density at radius 3 is 2.43 bits per heavy atom. The number of nitriles is 1. The van der Waals surface area contributed by atoms with Crippen LogP contribution in [0.4, 0.5) is 0 Å². The quantitative estimate of drug-likeness (QED) is 0.326. The van der Waals surface area contributed by atoms with Gasteiger partial charge in [0.05, 0.1) is 17.4 Å². The Kier molecular flexibility index (Phi) is 4.22. The number of phenolic OH excluding ortho intramolecular Hbond substituents is 2. The molecule has 5 heteroatoms. The first kappa shape index (κ1) is 23.0. The molecular weight excluding hydrogens is 438 g/mol. The van der Waals surface area contributed by atoms with Crippen molar-refractivity contribution in [2.45, 2.75) is 90.9 Å². The van der Waals surface area contributed by atoms with Crippen molar-refractivity contribution in [1.82, 2.24) is 0 Å². The standard InChI is InChI=1S/C30H37NO4/c1-16-23-17(15-31)10-21-27(3,19(23)11-20(32)24(16)33)7-9-29(5)22-14-30(25(34)35)13-18(30)12-26(22,2)6-8-28(21,29)4/h10-11,17-18,22,32-33H,6-9,12-14H2,1-5H3,(H,34,35)/t17?,18?,22-,26+,27+,28-,29+,30+/m1/s1. The molecule has 4 saturated carbocycles. The first-order valence-corrected chi connectivity index (χ1v) is 13.2. The number of hydrogen-bond acceptors (Lipinski definition) is 4. The average Bonchev–Trinajstić information content (AvgIpc) is 3.52. The Hall–Kier alpha value is -2.48. The number of carboxylic acid groups (broad SMARTS) is 1. The Morgan fingerprint density at radius 2 is 1.77 bits per heavy atom. The van der Waals surface area contributed by atoms with Crippen LogP contribution in [0.25, 0.3) is 0 Å². The normalized spacial score (nSPS) is 47.1. The Labute approximate surface area is 207 Å². The van der Waals surface area contributed by atoms with Gasteiger partial charge in [-0.3, -0.25) is 4.79 Å². The first-order chi connectivity index (χ1) is 16.3. The van der Waals surface area contributed by atoms with E-state index in [2.05, 4.69) is 39.8 Å². The van der Waals surface area contributed by atoms with Crippen molar-refractivity contribution in [1.29, 1.82) is 5.26 Å². The number of benzene rings is 1. The zero-order chi connectivity index (χ0) is 25.3. The van der Waals surface area contributed by atoms with Crippen LogP contribution in [0.3, 0.4) is 0 Å². The van der Waals surface area contributed by atoms with Gasteiger partial charge >= 0.3 is 5.97 Å². The molecule has 5 nitrogen and oxygen atoms in total. The number of aromatic hydroxyl groups is 2. The minimum absolute atomic E-state index is 0.0626. The number of aliphatic carboxylic acids is 1. The molecule has 0 bridgehead atoms. The minimum atomic E-state index is -0.609. The van der Waals surface area contributed by atoms with Gasteiger partial charge in [-0.05, 0) is 103 Å². The van der Waals surface area contributed by atoms with Gasteiger partial charge in [0.15, 0.2) is 11.5 Å². The summed E-state index contributed by atoms with van der Waals surface area (Å²) in [6, 6.07) is 4.17. The van der Waals surface area contributed by atoms with E-state index in [1.165, 1.54) is 5.57 Å². The van der Waals surface area contributed by atoms with Crippen LogP contribution in [-0.2, 0) is 10.2 Å². The van der Waals surface area contributed by atoms with Crippen LogP contribution in [-0.4, -0.2) is 21.3 Å². The number of rotatable bonds is 1. The molecule has 186 valence electrons. The van der Waals surface area contributed by atoms with Crippen molar-refractivity contribution >= 4 is 5.97 Å². The van der Waals surface area contributed by atoms with Crippen LogP contribution in [0, 0.1) is 51.8 Å². The Bertz CT molecular complexity index is 1260. The maximum atomic E-state index is 12.3. The molecule has 0 aliphatic heterocycles. The summed E-state index contributed by atoms with van der Waals surface area (Å²) < 4.78 is 0. The van der Waals surface area contributed by atoms with Crippen molar-refractivity contribution in [3.05, 3.63) is 34.4 Å². The van der Waals surface area contributed by atoms with Crippen molar-refractivity contribution in [2.24, 2.45) is 33.5 Å². The summed E-state index contributed by atoms with van der Waals surface area (Å²) in [6.07, 6.45) is 8.75. The van der Waals surface area contributed by atoms with Crippen molar-refractivity contribution in [3.8, 4) is 17.6 Å². The molecule has 3 N–H and O–H groups in total. The predicted octanol–water partition coefficient (Wildman–Crippen LogP) is 6.32. The lowest BCUT2D eigenvalue weighted by Crippen LogP contribution is -2.62.